The zero-order valence-electron chi connectivity index (χ0n) is 9.59. The summed E-state index contributed by atoms with van der Waals surface area (Å²) in [7, 11) is 0. The van der Waals surface area contributed by atoms with Crippen molar-refractivity contribution in [2.75, 3.05) is 0 Å². The Labute approximate surface area is 92.7 Å². The van der Waals surface area contributed by atoms with Gasteiger partial charge in [0, 0.05) is 0 Å². The Morgan fingerprint density at radius 2 is 1.93 bits per heavy atom. The van der Waals surface area contributed by atoms with Gasteiger partial charge in [0.25, 0.3) is 0 Å². The van der Waals surface area contributed by atoms with Gasteiger partial charge < -0.3 is 0 Å². The molecular formula is C15H18. The van der Waals surface area contributed by atoms with E-state index >= 15 is 0 Å². The molecule has 0 amide bonds. The van der Waals surface area contributed by atoms with Crippen molar-refractivity contribution < 1.29 is 0 Å². The van der Waals surface area contributed by atoms with Gasteiger partial charge in [-0.3, -0.25) is 0 Å². The summed E-state index contributed by atoms with van der Waals surface area (Å²) in [6, 6.07) is 0. The molecule has 0 N–H and O–H groups in total. The average Bonchev–Trinajstić information content (AvgIpc) is 2.52. The highest BCUT2D eigenvalue weighted by atomic mass is 14.2. The van der Waals surface area contributed by atoms with Gasteiger partial charge in [0.2, 0.25) is 0 Å². The third-order valence-corrected chi connectivity index (χ3v) is 2.65. The topological polar surface area (TPSA) is 0 Å². The van der Waals surface area contributed by atoms with Crippen LogP contribution in [0.4, 0.5) is 0 Å². The van der Waals surface area contributed by atoms with Crippen molar-refractivity contribution in [1.82, 2.24) is 0 Å². The molecule has 0 radical (unpaired) electrons. The number of rotatable bonds is 3. The number of hydrogen-bond donors (Lipinski definition) is 0. The zero-order valence-corrected chi connectivity index (χ0v) is 9.59. The van der Waals surface area contributed by atoms with Crippen molar-refractivity contribution in [2.24, 2.45) is 0 Å². The first kappa shape index (κ1) is 11.5. The summed E-state index contributed by atoms with van der Waals surface area (Å²) in [5, 5.41) is 0. The zero-order chi connectivity index (χ0) is 11.3. The van der Waals surface area contributed by atoms with Crippen molar-refractivity contribution >= 4 is 0 Å². The summed E-state index contributed by atoms with van der Waals surface area (Å²) in [6.07, 6.45) is 13.0. The molecule has 0 saturated carbocycles. The summed E-state index contributed by atoms with van der Waals surface area (Å²) in [4.78, 5) is 0. The fourth-order valence-corrected chi connectivity index (χ4v) is 1.91. The summed E-state index contributed by atoms with van der Waals surface area (Å²) < 4.78 is 0. The predicted octanol–water partition coefficient (Wildman–Crippen LogP) is 4.51. The summed E-state index contributed by atoms with van der Waals surface area (Å²) in [5.74, 6) is 0. The molecule has 1 aliphatic rings. The quantitative estimate of drug-likeness (QED) is 0.585. The minimum atomic E-state index is 1.00. The summed E-state index contributed by atoms with van der Waals surface area (Å²) >= 11 is 0. The molecule has 78 valence electrons. The molecule has 0 nitrogen and oxygen atoms in total. The Morgan fingerprint density at radius 1 is 1.20 bits per heavy atom. The first-order valence-corrected chi connectivity index (χ1v) is 5.22. The van der Waals surface area contributed by atoms with E-state index in [1.54, 1.807) is 0 Å². The smallest absolute Gasteiger partial charge is 0.00170 e. The van der Waals surface area contributed by atoms with E-state index < -0.39 is 0 Å². The van der Waals surface area contributed by atoms with E-state index in [1.165, 1.54) is 22.3 Å². The van der Waals surface area contributed by atoms with Gasteiger partial charge in [-0.15, -0.1) is 0 Å². The molecule has 15 heavy (non-hydrogen) atoms. The molecule has 0 fully saturated rings. The second-order valence-corrected chi connectivity index (χ2v) is 3.55. The van der Waals surface area contributed by atoms with Gasteiger partial charge in [-0.2, -0.15) is 0 Å². The third kappa shape index (κ3) is 2.47. The lowest BCUT2D eigenvalue weighted by molar-refractivity contribution is 1.25. The Morgan fingerprint density at radius 3 is 2.47 bits per heavy atom. The van der Waals surface area contributed by atoms with Gasteiger partial charge in [0.05, 0.1) is 0 Å². The molecular weight excluding hydrogens is 180 g/mol. The molecule has 0 unspecified atom stereocenters. The minimum absolute atomic E-state index is 1.00. The molecule has 0 aliphatic heterocycles. The molecule has 0 heteroatoms. The van der Waals surface area contributed by atoms with E-state index in [-0.39, 0.29) is 0 Å². The van der Waals surface area contributed by atoms with Crippen LogP contribution >= 0.6 is 0 Å². The molecule has 0 aromatic heterocycles. The van der Waals surface area contributed by atoms with Crippen LogP contribution < -0.4 is 0 Å². The van der Waals surface area contributed by atoms with E-state index in [4.69, 9.17) is 0 Å². The highest BCUT2D eigenvalue weighted by molar-refractivity contribution is 5.59. The molecule has 0 spiro atoms. The van der Waals surface area contributed by atoms with Crippen molar-refractivity contribution in [2.45, 2.75) is 20.3 Å². The van der Waals surface area contributed by atoms with Crippen LogP contribution in [0.2, 0.25) is 0 Å². The van der Waals surface area contributed by atoms with Gasteiger partial charge in [-0.25, -0.2) is 0 Å². The second-order valence-electron chi connectivity index (χ2n) is 3.55. The highest BCUT2D eigenvalue weighted by Crippen LogP contribution is 2.36. The average molecular weight is 198 g/mol. The van der Waals surface area contributed by atoms with Crippen LogP contribution in [0.25, 0.3) is 0 Å². The second kappa shape index (κ2) is 5.35. The van der Waals surface area contributed by atoms with Gasteiger partial charge in [-0.05, 0) is 42.6 Å². The molecule has 0 bridgehead atoms. The maximum atomic E-state index is 3.75. The van der Waals surface area contributed by atoms with Crippen LogP contribution in [-0.4, -0.2) is 0 Å². The van der Waals surface area contributed by atoms with Crippen LogP contribution in [0, 0.1) is 0 Å². The van der Waals surface area contributed by atoms with Crippen LogP contribution in [0.15, 0.2) is 71.9 Å². The highest BCUT2D eigenvalue weighted by Gasteiger charge is 2.17. The molecule has 0 atom stereocenters. The van der Waals surface area contributed by atoms with Crippen LogP contribution in [0.1, 0.15) is 20.3 Å². The molecule has 1 rings (SSSR count). The Kier molecular flexibility index (Phi) is 4.11. The predicted molar refractivity (Wildman–Crippen MR) is 68.7 cm³/mol. The summed E-state index contributed by atoms with van der Waals surface area (Å²) in [5.41, 5.74) is 5.44. The first-order chi connectivity index (χ1) is 7.24. The normalized spacial score (nSPS) is 22.0. The Hall–Kier alpha value is -1.56. The summed E-state index contributed by atoms with van der Waals surface area (Å²) in [6.45, 7) is 11.7. The van der Waals surface area contributed by atoms with E-state index in [1.807, 2.05) is 18.2 Å². The van der Waals surface area contributed by atoms with Gasteiger partial charge in [0.15, 0.2) is 0 Å². The van der Waals surface area contributed by atoms with Crippen molar-refractivity contribution in [3.8, 4) is 0 Å². The molecule has 0 heterocycles. The van der Waals surface area contributed by atoms with Gasteiger partial charge in [-0.1, -0.05) is 49.6 Å². The Balaban J connectivity index is 3.07. The molecule has 0 aromatic rings. The van der Waals surface area contributed by atoms with Gasteiger partial charge in [0.1, 0.15) is 0 Å². The molecule has 0 saturated heterocycles. The van der Waals surface area contributed by atoms with Gasteiger partial charge >= 0.3 is 0 Å². The Bertz CT molecular complexity index is 384. The van der Waals surface area contributed by atoms with E-state index in [2.05, 4.69) is 45.2 Å². The minimum Gasteiger partial charge on any atom is -0.0991 e. The van der Waals surface area contributed by atoms with Crippen LogP contribution in [0.3, 0.4) is 0 Å². The van der Waals surface area contributed by atoms with Crippen molar-refractivity contribution in [3.63, 3.8) is 0 Å². The van der Waals surface area contributed by atoms with Crippen molar-refractivity contribution in [3.05, 3.63) is 71.9 Å². The van der Waals surface area contributed by atoms with E-state index in [9.17, 15) is 0 Å². The number of hydrogen-bond acceptors (Lipinski definition) is 0. The van der Waals surface area contributed by atoms with Crippen LogP contribution in [-0.2, 0) is 0 Å². The molecule has 1 aliphatic carbocycles. The SMILES string of the molecule is C=C/C=C\C1=C(C)C(=C/C)/C(=C\C=C)C1. The maximum absolute atomic E-state index is 3.75. The largest absolute Gasteiger partial charge is 0.0991 e. The monoisotopic (exact) mass is 198 g/mol. The fraction of sp³-hybridized carbons (Fsp3) is 0.200. The maximum Gasteiger partial charge on any atom is -0.00170 e. The lowest BCUT2D eigenvalue weighted by Gasteiger charge is -2.00. The lowest BCUT2D eigenvalue weighted by atomic mass is 10.1. The third-order valence-electron chi connectivity index (χ3n) is 2.65. The van der Waals surface area contributed by atoms with Crippen molar-refractivity contribution in [1.29, 1.82) is 0 Å². The number of allylic oxidation sites excluding steroid dienone is 10. The first-order valence-electron chi connectivity index (χ1n) is 5.22. The lowest BCUT2D eigenvalue weighted by Crippen LogP contribution is -1.80. The fourth-order valence-electron chi connectivity index (χ4n) is 1.91. The van der Waals surface area contributed by atoms with E-state index in [0.717, 1.165) is 6.42 Å². The molecule has 0 aromatic carbocycles. The van der Waals surface area contributed by atoms with E-state index in [0.29, 0.717) is 0 Å². The standard InChI is InChI=1S/C15H18/c1-5-8-10-13-11-14(9-6-2)15(7-3)12(13)4/h5-10H,1-2,11H2,3-4H3/b10-8-,14-9-,15-7-. The van der Waals surface area contributed by atoms with Crippen LogP contribution in [0.5, 0.6) is 0 Å².